The van der Waals surface area contributed by atoms with Gasteiger partial charge in [0.15, 0.2) is 0 Å². The first-order chi connectivity index (χ1) is 11.0. The van der Waals surface area contributed by atoms with Gasteiger partial charge < -0.3 is 5.73 Å². The van der Waals surface area contributed by atoms with Crippen LogP contribution in [0.3, 0.4) is 0 Å². The predicted molar refractivity (Wildman–Crippen MR) is 86.7 cm³/mol. The molecule has 0 fully saturated rings. The summed E-state index contributed by atoms with van der Waals surface area (Å²) >= 11 is 0. The van der Waals surface area contributed by atoms with Gasteiger partial charge in [-0.15, -0.1) is 0 Å². The summed E-state index contributed by atoms with van der Waals surface area (Å²) in [6.45, 7) is 0. The number of alkyl halides is 3. The summed E-state index contributed by atoms with van der Waals surface area (Å²) in [6, 6.07) is 20.3. The molecule has 0 aliphatic heterocycles. The number of benzene rings is 3. The molecule has 3 rings (SSSR count). The van der Waals surface area contributed by atoms with Crippen LogP contribution in [-0.4, -0.2) is 0 Å². The van der Waals surface area contributed by atoms with Crippen LogP contribution in [0.25, 0.3) is 22.3 Å². The molecule has 23 heavy (non-hydrogen) atoms. The van der Waals surface area contributed by atoms with Crippen molar-refractivity contribution >= 4 is 5.69 Å². The maximum Gasteiger partial charge on any atom is 0.417 e. The van der Waals surface area contributed by atoms with Gasteiger partial charge in [0.2, 0.25) is 0 Å². The van der Waals surface area contributed by atoms with Crippen LogP contribution in [-0.2, 0) is 6.18 Å². The number of anilines is 1. The van der Waals surface area contributed by atoms with Crippen molar-refractivity contribution in [1.29, 1.82) is 0 Å². The van der Waals surface area contributed by atoms with Crippen LogP contribution >= 0.6 is 0 Å². The second-order valence-corrected chi connectivity index (χ2v) is 5.21. The largest absolute Gasteiger partial charge is 0.417 e. The summed E-state index contributed by atoms with van der Waals surface area (Å²) in [5, 5.41) is 0. The lowest BCUT2D eigenvalue weighted by atomic mass is 9.91. The molecule has 4 heteroatoms. The maximum atomic E-state index is 13.4. The van der Waals surface area contributed by atoms with E-state index in [0.717, 1.165) is 17.2 Å². The normalized spacial score (nSPS) is 11.4. The van der Waals surface area contributed by atoms with Crippen LogP contribution in [0.2, 0.25) is 0 Å². The maximum absolute atomic E-state index is 13.4. The molecular formula is C19H14F3N. The van der Waals surface area contributed by atoms with Gasteiger partial charge in [-0.2, -0.15) is 13.2 Å². The zero-order chi connectivity index (χ0) is 16.4. The Morgan fingerprint density at radius 3 is 1.91 bits per heavy atom. The lowest BCUT2D eigenvalue weighted by Gasteiger charge is -2.16. The third kappa shape index (κ3) is 3.06. The smallest absolute Gasteiger partial charge is 0.399 e. The van der Waals surface area contributed by atoms with Crippen molar-refractivity contribution in [2.75, 3.05) is 5.73 Å². The number of nitrogen functional groups attached to an aromatic ring is 1. The van der Waals surface area contributed by atoms with E-state index in [4.69, 9.17) is 5.73 Å². The van der Waals surface area contributed by atoms with E-state index in [2.05, 4.69) is 0 Å². The Morgan fingerprint density at radius 1 is 0.652 bits per heavy atom. The first-order valence-corrected chi connectivity index (χ1v) is 7.08. The van der Waals surface area contributed by atoms with Crippen molar-refractivity contribution in [1.82, 2.24) is 0 Å². The molecule has 0 heterocycles. The molecule has 0 atom stereocenters. The molecule has 0 aliphatic rings. The van der Waals surface area contributed by atoms with E-state index in [1.807, 2.05) is 42.5 Å². The summed E-state index contributed by atoms with van der Waals surface area (Å²) in [4.78, 5) is 0. The fourth-order valence-electron chi connectivity index (χ4n) is 2.62. The minimum absolute atomic E-state index is 0.0956. The number of nitrogens with two attached hydrogens (primary N) is 1. The summed E-state index contributed by atoms with van der Waals surface area (Å²) < 4.78 is 40.2. The Hall–Kier alpha value is -2.75. The third-order valence-electron chi connectivity index (χ3n) is 3.65. The minimum atomic E-state index is -4.46. The molecule has 3 aromatic carbocycles. The molecule has 2 N–H and O–H groups in total. The standard InChI is InChI=1S/C19H14F3N/c20-19(21,22)18-12-14(23)10-11-17(18)16-9-5-4-8-15(16)13-6-2-1-3-7-13/h1-12H,23H2. The highest BCUT2D eigenvalue weighted by atomic mass is 19.4. The van der Waals surface area contributed by atoms with Crippen LogP contribution in [0.1, 0.15) is 5.56 Å². The number of rotatable bonds is 2. The quantitative estimate of drug-likeness (QED) is 0.610. The Labute approximate surface area is 132 Å². The van der Waals surface area contributed by atoms with Crippen molar-refractivity contribution in [2.24, 2.45) is 0 Å². The fraction of sp³-hybridized carbons (Fsp3) is 0.0526. The molecule has 3 aromatic rings. The first kappa shape index (κ1) is 15.2. The molecule has 0 bridgehead atoms. The van der Waals surface area contributed by atoms with E-state index in [0.29, 0.717) is 5.56 Å². The Balaban J connectivity index is 2.26. The van der Waals surface area contributed by atoms with Crippen LogP contribution in [0.15, 0.2) is 72.8 Å². The van der Waals surface area contributed by atoms with Gasteiger partial charge in [-0.3, -0.25) is 0 Å². The van der Waals surface area contributed by atoms with E-state index in [1.54, 1.807) is 12.1 Å². The van der Waals surface area contributed by atoms with Crippen molar-refractivity contribution in [3.63, 3.8) is 0 Å². The summed E-state index contributed by atoms with van der Waals surface area (Å²) in [6.07, 6.45) is -4.46. The van der Waals surface area contributed by atoms with Crippen LogP contribution in [0.4, 0.5) is 18.9 Å². The zero-order valence-electron chi connectivity index (χ0n) is 12.1. The van der Waals surface area contributed by atoms with Gasteiger partial charge in [-0.25, -0.2) is 0 Å². The van der Waals surface area contributed by atoms with Crippen LogP contribution in [0, 0.1) is 0 Å². The lowest BCUT2D eigenvalue weighted by molar-refractivity contribution is -0.137. The second-order valence-electron chi connectivity index (χ2n) is 5.21. The first-order valence-electron chi connectivity index (χ1n) is 7.08. The summed E-state index contributed by atoms with van der Waals surface area (Å²) in [5.41, 5.74) is 7.21. The molecule has 0 spiro atoms. The molecule has 0 aliphatic carbocycles. The zero-order valence-corrected chi connectivity index (χ0v) is 12.1. The third-order valence-corrected chi connectivity index (χ3v) is 3.65. The van der Waals surface area contributed by atoms with E-state index in [-0.39, 0.29) is 11.3 Å². The fourth-order valence-corrected chi connectivity index (χ4v) is 2.62. The summed E-state index contributed by atoms with van der Waals surface area (Å²) in [5.74, 6) is 0. The van der Waals surface area contributed by atoms with E-state index >= 15 is 0 Å². The topological polar surface area (TPSA) is 26.0 Å². The number of halogens is 3. The van der Waals surface area contributed by atoms with Crippen LogP contribution in [0.5, 0.6) is 0 Å². The molecule has 0 aromatic heterocycles. The van der Waals surface area contributed by atoms with Crippen molar-refractivity contribution in [3.8, 4) is 22.3 Å². The Kier molecular flexibility index (Phi) is 3.82. The molecule has 0 amide bonds. The Morgan fingerprint density at radius 2 is 1.26 bits per heavy atom. The number of hydrogen-bond acceptors (Lipinski definition) is 1. The molecule has 116 valence electrons. The van der Waals surface area contributed by atoms with E-state index in [1.165, 1.54) is 12.1 Å². The van der Waals surface area contributed by atoms with Gasteiger partial charge in [0.25, 0.3) is 0 Å². The molecule has 0 unspecified atom stereocenters. The highest BCUT2D eigenvalue weighted by Gasteiger charge is 2.34. The van der Waals surface area contributed by atoms with E-state index in [9.17, 15) is 13.2 Å². The van der Waals surface area contributed by atoms with Gasteiger partial charge in [0.05, 0.1) is 5.56 Å². The molecule has 0 saturated carbocycles. The average Bonchev–Trinajstić information content (AvgIpc) is 2.55. The predicted octanol–water partition coefficient (Wildman–Crippen LogP) is 5.62. The monoisotopic (exact) mass is 313 g/mol. The highest BCUT2D eigenvalue weighted by Crippen LogP contribution is 2.41. The Bertz CT molecular complexity index is 824. The van der Waals surface area contributed by atoms with Crippen LogP contribution < -0.4 is 5.73 Å². The van der Waals surface area contributed by atoms with Crippen molar-refractivity contribution < 1.29 is 13.2 Å². The molecular weight excluding hydrogens is 299 g/mol. The number of hydrogen-bond donors (Lipinski definition) is 1. The average molecular weight is 313 g/mol. The highest BCUT2D eigenvalue weighted by molar-refractivity contribution is 5.85. The SMILES string of the molecule is Nc1ccc(-c2ccccc2-c2ccccc2)c(C(F)(F)F)c1. The molecule has 0 saturated heterocycles. The molecule has 1 nitrogen and oxygen atoms in total. The lowest BCUT2D eigenvalue weighted by Crippen LogP contribution is -2.08. The van der Waals surface area contributed by atoms with Crippen molar-refractivity contribution in [2.45, 2.75) is 6.18 Å². The van der Waals surface area contributed by atoms with Gasteiger partial charge in [-0.05, 0) is 34.4 Å². The van der Waals surface area contributed by atoms with Gasteiger partial charge in [0, 0.05) is 5.69 Å². The second kappa shape index (κ2) is 5.80. The van der Waals surface area contributed by atoms with Gasteiger partial charge in [0.1, 0.15) is 0 Å². The van der Waals surface area contributed by atoms with Gasteiger partial charge in [-0.1, -0.05) is 60.7 Å². The van der Waals surface area contributed by atoms with E-state index < -0.39 is 11.7 Å². The van der Waals surface area contributed by atoms with Crippen molar-refractivity contribution in [3.05, 3.63) is 78.4 Å². The minimum Gasteiger partial charge on any atom is -0.399 e. The summed E-state index contributed by atoms with van der Waals surface area (Å²) in [7, 11) is 0. The van der Waals surface area contributed by atoms with Gasteiger partial charge >= 0.3 is 6.18 Å². The molecule has 0 radical (unpaired) electrons.